The van der Waals surface area contributed by atoms with E-state index in [0.717, 1.165) is 5.69 Å². The van der Waals surface area contributed by atoms with Crippen molar-refractivity contribution in [1.82, 2.24) is 4.98 Å². The van der Waals surface area contributed by atoms with Crippen LogP contribution in [0.3, 0.4) is 0 Å². The first-order valence-corrected chi connectivity index (χ1v) is 8.97. The highest BCUT2D eigenvalue weighted by atomic mass is 32.1. The van der Waals surface area contributed by atoms with E-state index < -0.39 is 0 Å². The highest BCUT2D eigenvalue weighted by Gasteiger charge is 2.15. The fourth-order valence-corrected chi connectivity index (χ4v) is 4.58. The summed E-state index contributed by atoms with van der Waals surface area (Å²) in [4.78, 5) is 5.96. The van der Waals surface area contributed by atoms with Crippen molar-refractivity contribution >= 4 is 21.4 Å². The molecule has 118 valence electrons. The standard InChI is InChI=1S/C22H19NS/c1-14-11-15(2)21(16(3)12-14)18-8-6-10-23-22(18)20-13-17-7-4-5-9-19(17)24-20/h4-13H,1-3H3. The zero-order chi connectivity index (χ0) is 16.7. The van der Waals surface area contributed by atoms with Crippen molar-refractivity contribution in [3.8, 4) is 21.7 Å². The van der Waals surface area contributed by atoms with Crippen molar-refractivity contribution in [2.75, 3.05) is 0 Å². The summed E-state index contributed by atoms with van der Waals surface area (Å²) in [5.74, 6) is 0. The summed E-state index contributed by atoms with van der Waals surface area (Å²) in [6.45, 7) is 6.54. The van der Waals surface area contributed by atoms with Crippen molar-refractivity contribution < 1.29 is 0 Å². The molecule has 0 amide bonds. The number of aryl methyl sites for hydroxylation is 3. The number of hydrogen-bond acceptors (Lipinski definition) is 2. The Bertz CT molecular complexity index is 987. The molecule has 2 aromatic heterocycles. The molecule has 0 unspecified atom stereocenters. The molecule has 2 heterocycles. The Balaban J connectivity index is 1.96. The van der Waals surface area contributed by atoms with E-state index >= 15 is 0 Å². The first-order chi connectivity index (χ1) is 11.6. The van der Waals surface area contributed by atoms with Gasteiger partial charge in [0.05, 0.1) is 10.6 Å². The Morgan fingerprint density at radius 2 is 1.58 bits per heavy atom. The molecule has 0 aliphatic rings. The molecule has 0 atom stereocenters. The van der Waals surface area contributed by atoms with Crippen LogP contribution >= 0.6 is 11.3 Å². The third-order valence-electron chi connectivity index (χ3n) is 4.41. The van der Waals surface area contributed by atoms with Gasteiger partial charge in [0.1, 0.15) is 0 Å². The molecule has 0 radical (unpaired) electrons. The zero-order valence-corrected chi connectivity index (χ0v) is 14.9. The third-order valence-corrected chi connectivity index (χ3v) is 5.54. The highest BCUT2D eigenvalue weighted by molar-refractivity contribution is 7.22. The SMILES string of the molecule is Cc1cc(C)c(-c2cccnc2-c2cc3ccccc3s2)c(C)c1. The quantitative estimate of drug-likeness (QED) is 0.406. The van der Waals surface area contributed by atoms with E-state index in [4.69, 9.17) is 4.98 Å². The van der Waals surface area contributed by atoms with Gasteiger partial charge in [-0.2, -0.15) is 0 Å². The summed E-state index contributed by atoms with van der Waals surface area (Å²) in [7, 11) is 0. The van der Waals surface area contributed by atoms with Crippen LogP contribution in [0.5, 0.6) is 0 Å². The van der Waals surface area contributed by atoms with E-state index in [-0.39, 0.29) is 0 Å². The topological polar surface area (TPSA) is 12.9 Å². The largest absolute Gasteiger partial charge is 0.255 e. The normalized spacial score (nSPS) is 11.1. The second-order valence-corrected chi connectivity index (χ2v) is 7.41. The van der Waals surface area contributed by atoms with Crippen LogP contribution in [0.4, 0.5) is 0 Å². The lowest BCUT2D eigenvalue weighted by Gasteiger charge is -2.14. The number of rotatable bonds is 2. The molecule has 4 aromatic rings. The molecule has 2 aromatic carbocycles. The van der Waals surface area contributed by atoms with Crippen LogP contribution < -0.4 is 0 Å². The molecule has 0 aliphatic carbocycles. The second-order valence-electron chi connectivity index (χ2n) is 6.32. The van der Waals surface area contributed by atoms with Gasteiger partial charge in [0.15, 0.2) is 0 Å². The van der Waals surface area contributed by atoms with E-state index in [2.05, 4.69) is 69.3 Å². The van der Waals surface area contributed by atoms with Gasteiger partial charge in [-0.25, -0.2) is 0 Å². The van der Waals surface area contributed by atoms with Gasteiger partial charge in [-0.05, 0) is 61.0 Å². The lowest BCUT2D eigenvalue weighted by Crippen LogP contribution is -1.93. The second kappa shape index (κ2) is 5.88. The predicted octanol–water partition coefficient (Wildman–Crippen LogP) is 6.56. The number of pyridine rings is 1. The van der Waals surface area contributed by atoms with Gasteiger partial charge in [-0.3, -0.25) is 4.98 Å². The van der Waals surface area contributed by atoms with Gasteiger partial charge in [-0.1, -0.05) is 42.0 Å². The van der Waals surface area contributed by atoms with Crippen LogP contribution in [-0.2, 0) is 0 Å². The molecule has 0 fully saturated rings. The minimum absolute atomic E-state index is 1.08. The summed E-state index contributed by atoms with van der Waals surface area (Å²) < 4.78 is 1.31. The van der Waals surface area contributed by atoms with E-state index in [1.807, 2.05) is 23.6 Å². The van der Waals surface area contributed by atoms with E-state index in [1.165, 1.54) is 42.8 Å². The summed E-state index contributed by atoms with van der Waals surface area (Å²) in [6, 6.07) is 19.5. The van der Waals surface area contributed by atoms with Gasteiger partial charge in [-0.15, -0.1) is 11.3 Å². The van der Waals surface area contributed by atoms with Gasteiger partial charge in [0, 0.05) is 16.5 Å². The molecular weight excluding hydrogens is 310 g/mol. The predicted molar refractivity (Wildman–Crippen MR) is 105 cm³/mol. The fourth-order valence-electron chi connectivity index (χ4n) is 3.51. The van der Waals surface area contributed by atoms with Gasteiger partial charge in [0.2, 0.25) is 0 Å². The maximum Gasteiger partial charge on any atom is 0.0880 e. The summed E-state index contributed by atoms with van der Waals surface area (Å²) in [6.07, 6.45) is 1.89. The number of thiophene rings is 1. The minimum Gasteiger partial charge on any atom is -0.255 e. The Morgan fingerprint density at radius 1 is 0.833 bits per heavy atom. The number of hydrogen-bond donors (Lipinski definition) is 0. The molecule has 1 nitrogen and oxygen atoms in total. The lowest BCUT2D eigenvalue weighted by molar-refractivity contribution is 1.29. The minimum atomic E-state index is 1.08. The van der Waals surface area contributed by atoms with E-state index in [0.29, 0.717) is 0 Å². The van der Waals surface area contributed by atoms with Crippen molar-refractivity contribution in [2.45, 2.75) is 20.8 Å². The lowest BCUT2D eigenvalue weighted by atomic mass is 9.92. The Labute approximate surface area is 146 Å². The van der Waals surface area contributed by atoms with Crippen molar-refractivity contribution in [1.29, 1.82) is 0 Å². The third kappa shape index (κ3) is 2.53. The molecule has 0 spiro atoms. The van der Waals surface area contributed by atoms with Crippen molar-refractivity contribution in [3.63, 3.8) is 0 Å². The van der Waals surface area contributed by atoms with Crippen LogP contribution in [-0.4, -0.2) is 4.98 Å². The van der Waals surface area contributed by atoms with E-state index in [9.17, 15) is 0 Å². The van der Waals surface area contributed by atoms with Crippen molar-refractivity contribution in [2.24, 2.45) is 0 Å². The molecule has 0 saturated carbocycles. The van der Waals surface area contributed by atoms with Crippen LogP contribution in [0.15, 0.2) is 60.8 Å². The summed E-state index contributed by atoms with van der Waals surface area (Å²) in [5.41, 5.74) is 7.53. The highest BCUT2D eigenvalue weighted by Crippen LogP contribution is 2.39. The maximum absolute atomic E-state index is 4.74. The monoisotopic (exact) mass is 329 g/mol. The van der Waals surface area contributed by atoms with Gasteiger partial charge >= 0.3 is 0 Å². The summed E-state index contributed by atoms with van der Waals surface area (Å²) in [5, 5.41) is 1.28. The summed E-state index contributed by atoms with van der Waals surface area (Å²) >= 11 is 1.81. The van der Waals surface area contributed by atoms with Crippen LogP contribution in [0.1, 0.15) is 16.7 Å². The maximum atomic E-state index is 4.74. The number of aromatic nitrogens is 1. The van der Waals surface area contributed by atoms with Crippen molar-refractivity contribution in [3.05, 3.63) is 77.5 Å². The molecule has 2 heteroatoms. The first-order valence-electron chi connectivity index (χ1n) is 8.15. The number of benzene rings is 2. The number of nitrogens with zero attached hydrogens (tertiary/aromatic N) is 1. The average Bonchev–Trinajstić information content (AvgIpc) is 2.98. The Morgan fingerprint density at radius 3 is 2.33 bits per heavy atom. The Hall–Kier alpha value is -2.45. The Kier molecular flexibility index (Phi) is 3.70. The molecule has 4 rings (SSSR count). The molecular formula is C22H19NS. The average molecular weight is 329 g/mol. The molecule has 24 heavy (non-hydrogen) atoms. The smallest absolute Gasteiger partial charge is 0.0880 e. The van der Waals surface area contributed by atoms with E-state index in [1.54, 1.807) is 0 Å². The number of fused-ring (bicyclic) bond motifs is 1. The zero-order valence-electron chi connectivity index (χ0n) is 14.1. The molecule has 0 saturated heterocycles. The molecule has 0 aliphatic heterocycles. The van der Waals surface area contributed by atoms with Crippen LogP contribution in [0.2, 0.25) is 0 Å². The van der Waals surface area contributed by atoms with Gasteiger partial charge in [0.25, 0.3) is 0 Å². The first kappa shape index (κ1) is 15.1. The fraction of sp³-hybridized carbons (Fsp3) is 0.136. The van der Waals surface area contributed by atoms with Gasteiger partial charge < -0.3 is 0 Å². The van der Waals surface area contributed by atoms with Crippen LogP contribution in [0, 0.1) is 20.8 Å². The molecule has 0 N–H and O–H groups in total. The molecule has 0 bridgehead atoms. The van der Waals surface area contributed by atoms with Crippen LogP contribution in [0.25, 0.3) is 31.8 Å².